The number of hydrogen-bond donors (Lipinski definition) is 0. The summed E-state index contributed by atoms with van der Waals surface area (Å²) in [6.45, 7) is 3.38. The first kappa shape index (κ1) is 9.32. The van der Waals surface area contributed by atoms with Gasteiger partial charge in [0, 0.05) is 6.20 Å². The number of halogens is 1. The van der Waals surface area contributed by atoms with Gasteiger partial charge in [0.25, 0.3) is 0 Å². The third-order valence-corrected chi connectivity index (χ3v) is 2.33. The number of Topliss-reactive ketones (excluding diaryl/α,β-unsaturated/α-hetero) is 1. The van der Waals surface area contributed by atoms with Crippen molar-refractivity contribution >= 4 is 21.7 Å². The van der Waals surface area contributed by atoms with Crippen molar-refractivity contribution in [3.05, 3.63) is 22.7 Å². The van der Waals surface area contributed by atoms with Crippen LogP contribution in [0.5, 0.6) is 0 Å². The minimum atomic E-state index is -0.164. The number of nitrogens with zero attached hydrogens (tertiary/aromatic N) is 2. The fraction of sp³-hybridized carbons (Fsp3) is 0.375. The van der Waals surface area contributed by atoms with Crippen LogP contribution in [0, 0.1) is 0 Å². The Labute approximate surface area is 79.4 Å². The van der Waals surface area contributed by atoms with E-state index in [-0.39, 0.29) is 11.7 Å². The second-order valence-corrected chi connectivity index (χ2v) is 3.44. The maximum Gasteiger partial charge on any atom is 0.138 e. The molecule has 12 heavy (non-hydrogen) atoms. The van der Waals surface area contributed by atoms with Gasteiger partial charge in [0.05, 0.1) is 16.1 Å². The Balaban J connectivity index is 3.02. The minimum Gasteiger partial charge on any atom is -0.299 e. The fourth-order valence-electron chi connectivity index (χ4n) is 0.833. The molecule has 0 radical (unpaired) electrons. The summed E-state index contributed by atoms with van der Waals surface area (Å²) in [7, 11) is 0. The summed E-state index contributed by atoms with van der Waals surface area (Å²) < 4.78 is 0.785. The van der Waals surface area contributed by atoms with Crippen LogP contribution in [-0.4, -0.2) is 15.8 Å². The van der Waals surface area contributed by atoms with Crippen LogP contribution in [0.15, 0.2) is 17.0 Å². The van der Waals surface area contributed by atoms with Crippen LogP contribution in [0.3, 0.4) is 0 Å². The van der Waals surface area contributed by atoms with Gasteiger partial charge in [0.15, 0.2) is 0 Å². The molecule has 0 aromatic carbocycles. The molecule has 0 aliphatic heterocycles. The second-order valence-electron chi connectivity index (χ2n) is 2.59. The molecule has 1 aromatic heterocycles. The average molecular weight is 229 g/mol. The summed E-state index contributed by atoms with van der Waals surface area (Å²) in [6.07, 6.45) is 3.08. The van der Waals surface area contributed by atoms with Crippen LogP contribution < -0.4 is 0 Å². The van der Waals surface area contributed by atoms with Crippen LogP contribution in [0.2, 0.25) is 0 Å². The molecule has 0 saturated heterocycles. The average Bonchev–Trinajstić information content (AvgIpc) is 2.04. The van der Waals surface area contributed by atoms with Crippen molar-refractivity contribution in [1.29, 1.82) is 0 Å². The molecule has 1 unspecified atom stereocenters. The molecule has 1 atom stereocenters. The third-order valence-electron chi connectivity index (χ3n) is 1.72. The number of aromatic nitrogens is 2. The highest BCUT2D eigenvalue weighted by atomic mass is 79.9. The predicted octanol–water partition coefficient (Wildman–Crippen LogP) is 1.93. The Morgan fingerprint density at radius 3 is 2.83 bits per heavy atom. The first-order valence-corrected chi connectivity index (χ1v) is 4.38. The summed E-state index contributed by atoms with van der Waals surface area (Å²) in [5.41, 5.74) is 0.748. The highest BCUT2D eigenvalue weighted by Crippen LogP contribution is 2.21. The van der Waals surface area contributed by atoms with E-state index in [1.54, 1.807) is 13.1 Å². The maximum absolute atomic E-state index is 11.0. The molecule has 0 bridgehead atoms. The SMILES string of the molecule is CC(=O)C(C)c1ncncc1Br. The summed E-state index contributed by atoms with van der Waals surface area (Å²) in [5, 5.41) is 0. The summed E-state index contributed by atoms with van der Waals surface area (Å²) in [4.78, 5) is 18.9. The number of carbonyl (C=O) groups excluding carboxylic acids is 1. The van der Waals surface area contributed by atoms with E-state index in [1.165, 1.54) is 6.33 Å². The molecule has 0 spiro atoms. The topological polar surface area (TPSA) is 42.9 Å². The van der Waals surface area contributed by atoms with Gasteiger partial charge in [-0.3, -0.25) is 4.79 Å². The predicted molar refractivity (Wildman–Crippen MR) is 48.8 cm³/mol. The molecule has 1 rings (SSSR count). The van der Waals surface area contributed by atoms with Crippen LogP contribution >= 0.6 is 15.9 Å². The first-order chi connectivity index (χ1) is 5.63. The van der Waals surface area contributed by atoms with Gasteiger partial charge >= 0.3 is 0 Å². The van der Waals surface area contributed by atoms with Gasteiger partial charge in [-0.1, -0.05) is 0 Å². The number of carbonyl (C=O) groups is 1. The first-order valence-electron chi connectivity index (χ1n) is 3.58. The van der Waals surface area contributed by atoms with Crippen molar-refractivity contribution < 1.29 is 4.79 Å². The normalized spacial score (nSPS) is 12.6. The minimum absolute atomic E-state index is 0.106. The van der Waals surface area contributed by atoms with Crippen molar-refractivity contribution in [1.82, 2.24) is 9.97 Å². The van der Waals surface area contributed by atoms with Gasteiger partial charge in [0.1, 0.15) is 12.1 Å². The lowest BCUT2D eigenvalue weighted by atomic mass is 10.0. The molecule has 0 saturated carbocycles. The zero-order valence-electron chi connectivity index (χ0n) is 6.91. The largest absolute Gasteiger partial charge is 0.299 e. The molecule has 1 heterocycles. The number of ketones is 1. The Bertz CT molecular complexity index is 301. The lowest BCUT2D eigenvalue weighted by Crippen LogP contribution is -2.07. The Morgan fingerprint density at radius 1 is 1.67 bits per heavy atom. The zero-order valence-corrected chi connectivity index (χ0v) is 8.50. The van der Waals surface area contributed by atoms with Crippen molar-refractivity contribution in [2.24, 2.45) is 0 Å². The van der Waals surface area contributed by atoms with Gasteiger partial charge in [-0.25, -0.2) is 9.97 Å². The van der Waals surface area contributed by atoms with Crippen LogP contribution in [-0.2, 0) is 4.79 Å². The smallest absolute Gasteiger partial charge is 0.138 e. The maximum atomic E-state index is 11.0. The van der Waals surface area contributed by atoms with Gasteiger partial charge in [-0.15, -0.1) is 0 Å². The molecule has 3 nitrogen and oxygen atoms in total. The summed E-state index contributed by atoms with van der Waals surface area (Å²) in [6, 6.07) is 0. The van der Waals surface area contributed by atoms with E-state index in [0.717, 1.165) is 10.2 Å². The van der Waals surface area contributed by atoms with Gasteiger partial charge in [0.2, 0.25) is 0 Å². The molecule has 1 aromatic rings. The van der Waals surface area contributed by atoms with Crippen LogP contribution in [0.4, 0.5) is 0 Å². The van der Waals surface area contributed by atoms with Gasteiger partial charge < -0.3 is 0 Å². The molecule has 0 aliphatic carbocycles. The van der Waals surface area contributed by atoms with E-state index in [4.69, 9.17) is 0 Å². The van der Waals surface area contributed by atoms with Crippen LogP contribution in [0.25, 0.3) is 0 Å². The molecular formula is C8H9BrN2O. The Kier molecular flexibility index (Phi) is 2.92. The van der Waals surface area contributed by atoms with E-state index in [9.17, 15) is 4.79 Å². The summed E-state index contributed by atoms with van der Waals surface area (Å²) >= 11 is 3.29. The molecular weight excluding hydrogens is 220 g/mol. The second kappa shape index (κ2) is 3.76. The molecule has 4 heteroatoms. The monoisotopic (exact) mass is 228 g/mol. The number of hydrogen-bond acceptors (Lipinski definition) is 3. The van der Waals surface area contributed by atoms with Crippen molar-refractivity contribution in [2.45, 2.75) is 19.8 Å². The molecule has 0 amide bonds. The van der Waals surface area contributed by atoms with Crippen molar-refractivity contribution in [2.75, 3.05) is 0 Å². The van der Waals surface area contributed by atoms with Crippen molar-refractivity contribution in [3.63, 3.8) is 0 Å². The molecule has 64 valence electrons. The number of rotatable bonds is 2. The fourth-order valence-corrected chi connectivity index (χ4v) is 1.40. The lowest BCUT2D eigenvalue weighted by Gasteiger charge is -2.07. The Morgan fingerprint density at radius 2 is 2.33 bits per heavy atom. The van der Waals surface area contributed by atoms with Gasteiger partial charge in [-0.2, -0.15) is 0 Å². The molecule has 0 N–H and O–H groups in total. The molecule has 0 aliphatic rings. The third kappa shape index (κ3) is 1.88. The Hall–Kier alpha value is -0.770. The van der Waals surface area contributed by atoms with E-state index in [0.29, 0.717) is 0 Å². The van der Waals surface area contributed by atoms with E-state index in [2.05, 4.69) is 25.9 Å². The lowest BCUT2D eigenvalue weighted by molar-refractivity contribution is -0.118. The quantitative estimate of drug-likeness (QED) is 0.778. The van der Waals surface area contributed by atoms with E-state index >= 15 is 0 Å². The zero-order chi connectivity index (χ0) is 9.14. The van der Waals surface area contributed by atoms with Crippen LogP contribution in [0.1, 0.15) is 25.5 Å². The standard InChI is InChI=1S/C8H9BrN2O/c1-5(6(2)12)8-7(9)3-10-4-11-8/h3-5H,1-2H3. The van der Waals surface area contributed by atoms with E-state index in [1.807, 2.05) is 6.92 Å². The highest BCUT2D eigenvalue weighted by molar-refractivity contribution is 9.10. The highest BCUT2D eigenvalue weighted by Gasteiger charge is 2.14. The molecule has 0 fully saturated rings. The van der Waals surface area contributed by atoms with Crippen molar-refractivity contribution in [3.8, 4) is 0 Å². The summed E-state index contributed by atoms with van der Waals surface area (Å²) in [5.74, 6) is -0.0585. The van der Waals surface area contributed by atoms with E-state index < -0.39 is 0 Å². The van der Waals surface area contributed by atoms with Gasteiger partial charge in [-0.05, 0) is 29.8 Å².